The van der Waals surface area contributed by atoms with E-state index in [1.54, 1.807) is 30.3 Å². The zero-order valence-corrected chi connectivity index (χ0v) is 20.6. The lowest BCUT2D eigenvalue weighted by Gasteiger charge is -2.37. The highest BCUT2D eigenvalue weighted by molar-refractivity contribution is 7.89. The molecule has 0 spiro atoms. The van der Waals surface area contributed by atoms with Crippen LogP contribution in [0.15, 0.2) is 48.5 Å². The molecule has 2 aliphatic rings. The van der Waals surface area contributed by atoms with Crippen LogP contribution in [0.5, 0.6) is 0 Å². The molecule has 2 heterocycles. The molecule has 2 fully saturated rings. The van der Waals surface area contributed by atoms with Crippen molar-refractivity contribution in [2.45, 2.75) is 48.9 Å². The van der Waals surface area contributed by atoms with Crippen LogP contribution >= 0.6 is 0 Å². The Labute approximate surface area is 211 Å². The number of halogens is 1. The molecular formula is C27H28FN3O4S. The van der Waals surface area contributed by atoms with Crippen molar-refractivity contribution in [3.05, 3.63) is 71.0 Å². The summed E-state index contributed by atoms with van der Waals surface area (Å²) in [5.41, 5.74) is 0.306. The Bertz CT molecular complexity index is 1290. The molecule has 1 N–H and O–H groups in total. The number of ether oxygens (including phenoxy) is 1. The van der Waals surface area contributed by atoms with Crippen LogP contribution in [-0.2, 0) is 31.5 Å². The van der Waals surface area contributed by atoms with Gasteiger partial charge in [-0.05, 0) is 42.9 Å². The molecule has 0 saturated carbocycles. The van der Waals surface area contributed by atoms with Gasteiger partial charge in [-0.1, -0.05) is 48.4 Å². The number of hydrogen-bond donors (Lipinski definition) is 1. The van der Waals surface area contributed by atoms with Crippen molar-refractivity contribution in [3.63, 3.8) is 0 Å². The molecule has 36 heavy (non-hydrogen) atoms. The number of nitrogens with zero attached hydrogens (tertiary/aromatic N) is 2. The average Bonchev–Trinajstić information content (AvgIpc) is 2.89. The summed E-state index contributed by atoms with van der Waals surface area (Å²) in [6.45, 7) is 0.314. The lowest BCUT2D eigenvalue weighted by Crippen LogP contribution is -2.48. The number of benzene rings is 2. The first-order valence-corrected chi connectivity index (χ1v) is 13.4. The molecule has 9 heteroatoms. The molecule has 2 saturated heterocycles. The fourth-order valence-electron chi connectivity index (χ4n) is 5.11. The molecule has 188 valence electrons. The third kappa shape index (κ3) is 4.87. The van der Waals surface area contributed by atoms with Gasteiger partial charge >= 0.3 is 0 Å². The van der Waals surface area contributed by atoms with Gasteiger partial charge in [0.15, 0.2) is 0 Å². The summed E-state index contributed by atoms with van der Waals surface area (Å²) >= 11 is 0. The van der Waals surface area contributed by atoms with Gasteiger partial charge in [-0.15, -0.1) is 6.42 Å². The molecule has 2 aromatic rings. The number of terminal acetylenes is 1. The summed E-state index contributed by atoms with van der Waals surface area (Å²) < 4.78 is 49.2. The van der Waals surface area contributed by atoms with Crippen molar-refractivity contribution >= 4 is 15.9 Å². The SMILES string of the molecule is C#C[C@H]1CC[C@H](c2ccccc2)S(=O)(=O)N1Cc1ccc(C2(C(=O)NCC#N)CCOCC2)cc1F. The van der Waals surface area contributed by atoms with E-state index in [2.05, 4.69) is 11.2 Å². The first-order valence-electron chi connectivity index (χ1n) is 11.9. The number of amides is 1. The molecule has 0 aliphatic carbocycles. The van der Waals surface area contributed by atoms with Gasteiger partial charge in [0.05, 0.1) is 17.5 Å². The van der Waals surface area contributed by atoms with Crippen LogP contribution in [0.25, 0.3) is 0 Å². The van der Waals surface area contributed by atoms with Crippen LogP contribution in [0.3, 0.4) is 0 Å². The van der Waals surface area contributed by atoms with Crippen molar-refractivity contribution in [2.24, 2.45) is 0 Å². The van der Waals surface area contributed by atoms with Crippen LogP contribution in [-0.4, -0.2) is 44.4 Å². The molecule has 0 aromatic heterocycles. The minimum atomic E-state index is -3.85. The van der Waals surface area contributed by atoms with Crippen LogP contribution in [0, 0.1) is 29.5 Å². The Morgan fingerprint density at radius 3 is 2.56 bits per heavy atom. The summed E-state index contributed by atoms with van der Waals surface area (Å²) in [6, 6.07) is 14.6. The molecule has 4 rings (SSSR count). The van der Waals surface area contributed by atoms with Gasteiger partial charge in [-0.3, -0.25) is 4.79 Å². The minimum Gasteiger partial charge on any atom is -0.381 e. The van der Waals surface area contributed by atoms with Gasteiger partial charge in [-0.25, -0.2) is 12.8 Å². The highest BCUT2D eigenvalue weighted by Crippen LogP contribution is 2.39. The Morgan fingerprint density at radius 1 is 1.19 bits per heavy atom. The summed E-state index contributed by atoms with van der Waals surface area (Å²) in [4.78, 5) is 13.0. The molecule has 2 aromatic carbocycles. The third-order valence-corrected chi connectivity index (χ3v) is 9.41. The molecule has 2 atom stereocenters. The van der Waals surface area contributed by atoms with Gasteiger partial charge in [0, 0.05) is 25.3 Å². The highest BCUT2D eigenvalue weighted by atomic mass is 32.2. The standard InChI is InChI=1S/C27H28FN3O4S/c1-2-23-10-11-25(20-6-4-3-5-7-20)36(33,34)31(23)19-21-8-9-22(18-24(21)28)27(12-16-35-17-13-27)26(32)30-15-14-29/h1,3-9,18,23,25H,10-13,15-17,19H2,(H,30,32)/t23-,25+/m0/s1. The lowest BCUT2D eigenvalue weighted by molar-refractivity contribution is -0.130. The fourth-order valence-corrected chi connectivity index (χ4v) is 7.21. The number of nitrogens with one attached hydrogen (secondary N) is 1. The Kier molecular flexibility index (Phi) is 7.75. The van der Waals surface area contributed by atoms with Crippen LogP contribution in [0.2, 0.25) is 0 Å². The molecule has 1 amide bonds. The largest absolute Gasteiger partial charge is 0.381 e. The summed E-state index contributed by atoms with van der Waals surface area (Å²) in [7, 11) is -3.85. The van der Waals surface area contributed by atoms with Gasteiger partial charge in [-0.2, -0.15) is 9.57 Å². The average molecular weight is 510 g/mol. The molecule has 0 radical (unpaired) electrons. The Hall–Kier alpha value is -3.24. The van der Waals surface area contributed by atoms with E-state index in [4.69, 9.17) is 16.4 Å². The number of rotatable bonds is 6. The Balaban J connectivity index is 1.64. The van der Waals surface area contributed by atoms with E-state index < -0.39 is 32.5 Å². The summed E-state index contributed by atoms with van der Waals surface area (Å²) in [5, 5.41) is 10.7. The van der Waals surface area contributed by atoms with Crippen LogP contribution in [0.1, 0.15) is 47.6 Å². The van der Waals surface area contributed by atoms with E-state index in [9.17, 15) is 13.2 Å². The molecule has 7 nitrogen and oxygen atoms in total. The van der Waals surface area contributed by atoms with E-state index in [-0.39, 0.29) is 24.6 Å². The number of nitriles is 1. The maximum absolute atomic E-state index is 15.5. The van der Waals surface area contributed by atoms with Gasteiger partial charge in [0.2, 0.25) is 15.9 Å². The number of hydrogen-bond acceptors (Lipinski definition) is 5. The minimum absolute atomic E-state index is 0.148. The predicted molar refractivity (Wildman–Crippen MR) is 132 cm³/mol. The van der Waals surface area contributed by atoms with Crippen LogP contribution in [0.4, 0.5) is 4.39 Å². The maximum Gasteiger partial charge on any atom is 0.231 e. The van der Waals surface area contributed by atoms with E-state index in [0.29, 0.717) is 50.0 Å². The summed E-state index contributed by atoms with van der Waals surface area (Å²) in [6.07, 6.45) is 7.23. The van der Waals surface area contributed by atoms with E-state index >= 15 is 4.39 Å². The molecule has 2 aliphatic heterocycles. The predicted octanol–water partition coefficient (Wildman–Crippen LogP) is 3.18. The molecule has 0 bridgehead atoms. The second kappa shape index (κ2) is 10.8. The van der Waals surface area contributed by atoms with Gasteiger partial charge in [0.1, 0.15) is 17.6 Å². The quantitative estimate of drug-likeness (QED) is 0.476. The van der Waals surface area contributed by atoms with Crippen molar-refractivity contribution in [1.82, 2.24) is 9.62 Å². The number of sulfonamides is 1. The van der Waals surface area contributed by atoms with Crippen LogP contribution < -0.4 is 5.32 Å². The van der Waals surface area contributed by atoms with Gasteiger partial charge in [0.25, 0.3) is 0 Å². The van der Waals surface area contributed by atoms with Crippen molar-refractivity contribution in [1.29, 1.82) is 5.26 Å². The topological polar surface area (TPSA) is 99.5 Å². The zero-order valence-electron chi connectivity index (χ0n) is 19.8. The normalized spacial score (nSPS) is 23.2. The first kappa shape index (κ1) is 25.8. The lowest BCUT2D eigenvalue weighted by atomic mass is 9.73. The monoisotopic (exact) mass is 509 g/mol. The van der Waals surface area contributed by atoms with Crippen molar-refractivity contribution < 1.29 is 22.3 Å². The van der Waals surface area contributed by atoms with E-state index in [0.717, 1.165) is 0 Å². The second-order valence-electron chi connectivity index (χ2n) is 9.09. The zero-order chi connectivity index (χ0) is 25.8. The van der Waals surface area contributed by atoms with E-state index in [1.165, 1.54) is 16.4 Å². The van der Waals surface area contributed by atoms with Crippen molar-refractivity contribution in [2.75, 3.05) is 19.8 Å². The summed E-state index contributed by atoms with van der Waals surface area (Å²) in [5.74, 6) is 1.59. The van der Waals surface area contributed by atoms with Crippen molar-refractivity contribution in [3.8, 4) is 18.4 Å². The first-order chi connectivity index (χ1) is 17.3. The smallest absolute Gasteiger partial charge is 0.231 e. The highest BCUT2D eigenvalue weighted by Gasteiger charge is 2.43. The number of carbonyl (C=O) groups excluding carboxylic acids is 1. The van der Waals surface area contributed by atoms with Gasteiger partial charge < -0.3 is 10.1 Å². The fraction of sp³-hybridized carbons (Fsp3) is 0.407. The molecule has 0 unspecified atom stereocenters. The van der Waals surface area contributed by atoms with E-state index in [1.807, 2.05) is 12.1 Å². The maximum atomic E-state index is 15.5. The number of carbonyl (C=O) groups is 1. The second-order valence-corrected chi connectivity index (χ2v) is 11.2. The Morgan fingerprint density at radius 2 is 1.92 bits per heavy atom. The third-order valence-electron chi connectivity index (χ3n) is 7.14. The molecular weight excluding hydrogens is 481 g/mol.